The molecule has 20 heavy (non-hydrogen) atoms. The van der Waals surface area contributed by atoms with E-state index >= 15 is 0 Å². The first kappa shape index (κ1) is 16.8. The summed E-state index contributed by atoms with van der Waals surface area (Å²) in [7, 11) is 3.63. The number of hydrogen-bond donors (Lipinski definition) is 1. The van der Waals surface area contributed by atoms with Gasteiger partial charge in [0.1, 0.15) is 0 Å². The minimum Gasteiger partial charge on any atom is -0.493 e. The highest BCUT2D eigenvalue weighted by Gasteiger charge is 2.18. The summed E-state index contributed by atoms with van der Waals surface area (Å²) in [6.45, 7) is 8.89. The lowest BCUT2D eigenvalue weighted by molar-refractivity contribution is 0.0421. The van der Waals surface area contributed by atoms with Gasteiger partial charge >= 0.3 is 0 Å². The number of methoxy groups -OCH3 is 1. The average Bonchev–Trinajstić information content (AvgIpc) is 2.28. The van der Waals surface area contributed by atoms with Crippen LogP contribution in [-0.2, 0) is 6.54 Å². The Morgan fingerprint density at radius 3 is 2.45 bits per heavy atom. The van der Waals surface area contributed by atoms with Crippen LogP contribution in [-0.4, -0.2) is 42.4 Å². The molecule has 0 aliphatic carbocycles. The van der Waals surface area contributed by atoms with Crippen LogP contribution in [0.2, 0.25) is 0 Å². The fourth-order valence-corrected chi connectivity index (χ4v) is 2.22. The van der Waals surface area contributed by atoms with Gasteiger partial charge in [-0.25, -0.2) is 0 Å². The largest absolute Gasteiger partial charge is 0.493 e. The Morgan fingerprint density at radius 2 is 1.95 bits per heavy atom. The Bertz CT molecular complexity index is 424. The van der Waals surface area contributed by atoms with Gasteiger partial charge in [-0.05, 0) is 40.8 Å². The highest BCUT2D eigenvalue weighted by atomic mass is 16.5. The zero-order chi connectivity index (χ0) is 15.3. The quantitative estimate of drug-likeness (QED) is 0.834. The maximum absolute atomic E-state index is 9.88. The predicted molar refractivity (Wildman–Crippen MR) is 81.4 cm³/mol. The van der Waals surface area contributed by atoms with Gasteiger partial charge in [0, 0.05) is 18.7 Å². The normalized spacial score (nSPS) is 12.1. The van der Waals surface area contributed by atoms with E-state index in [1.54, 1.807) is 21.0 Å². The van der Waals surface area contributed by atoms with Crippen molar-refractivity contribution in [1.29, 1.82) is 0 Å². The summed E-state index contributed by atoms with van der Waals surface area (Å²) in [5.74, 6) is 1.53. The molecule has 0 radical (unpaired) electrons. The van der Waals surface area contributed by atoms with Crippen molar-refractivity contribution in [3.05, 3.63) is 23.8 Å². The van der Waals surface area contributed by atoms with Gasteiger partial charge in [-0.1, -0.05) is 12.1 Å². The fourth-order valence-electron chi connectivity index (χ4n) is 2.22. The molecule has 114 valence electrons. The van der Waals surface area contributed by atoms with Crippen LogP contribution in [0.25, 0.3) is 0 Å². The molecule has 0 aliphatic rings. The number of ether oxygens (including phenoxy) is 2. The van der Waals surface area contributed by atoms with Gasteiger partial charge in [-0.2, -0.15) is 0 Å². The molecule has 0 spiro atoms. The van der Waals surface area contributed by atoms with Crippen molar-refractivity contribution in [3.63, 3.8) is 0 Å². The molecule has 0 saturated carbocycles. The summed E-state index contributed by atoms with van der Waals surface area (Å²) in [6.07, 6.45) is 0.0876. The van der Waals surface area contributed by atoms with Gasteiger partial charge in [0.05, 0.1) is 18.8 Å². The first-order chi connectivity index (χ1) is 9.23. The highest BCUT2D eigenvalue weighted by molar-refractivity contribution is 5.46. The smallest absolute Gasteiger partial charge is 0.166 e. The van der Waals surface area contributed by atoms with Crippen LogP contribution in [0.5, 0.6) is 11.5 Å². The van der Waals surface area contributed by atoms with Crippen molar-refractivity contribution >= 4 is 0 Å². The number of rotatable bonds is 7. The molecule has 4 heteroatoms. The summed E-state index contributed by atoms with van der Waals surface area (Å²) in [4.78, 5) is 2.07. The molecule has 0 bridgehead atoms. The number of benzene rings is 1. The fraction of sp³-hybridized carbons (Fsp3) is 0.625. The van der Waals surface area contributed by atoms with Gasteiger partial charge < -0.3 is 14.6 Å². The third-order valence-corrected chi connectivity index (χ3v) is 2.73. The highest BCUT2D eigenvalue weighted by Crippen LogP contribution is 2.32. The van der Waals surface area contributed by atoms with Crippen LogP contribution in [0.15, 0.2) is 18.2 Å². The molecule has 1 rings (SSSR count). The minimum absolute atomic E-state index is 0.0876. The lowest BCUT2D eigenvalue weighted by Crippen LogP contribution is -2.35. The molecule has 0 amide bonds. The summed E-state index contributed by atoms with van der Waals surface area (Å²) >= 11 is 0. The van der Waals surface area contributed by atoms with Gasteiger partial charge in [0.15, 0.2) is 11.5 Å². The summed E-state index contributed by atoms with van der Waals surface area (Å²) in [5.41, 5.74) is 0.344. The molecule has 1 aromatic carbocycles. The van der Waals surface area contributed by atoms with Crippen molar-refractivity contribution in [3.8, 4) is 11.5 Å². The van der Waals surface area contributed by atoms with E-state index in [0.29, 0.717) is 13.1 Å². The number of nitrogens with zero attached hydrogens (tertiary/aromatic N) is 1. The average molecular weight is 281 g/mol. The van der Waals surface area contributed by atoms with Crippen molar-refractivity contribution in [2.45, 2.75) is 45.9 Å². The topological polar surface area (TPSA) is 41.9 Å². The molecule has 0 aliphatic heterocycles. The van der Waals surface area contributed by atoms with Crippen molar-refractivity contribution in [2.24, 2.45) is 0 Å². The standard InChI is InChI=1S/C16H27NO3/c1-12(2)20-15-13(8-7-9-14(15)19-6)10-17(5)11-16(3,4)18/h7-9,12,18H,10-11H2,1-6H3. The van der Waals surface area contributed by atoms with Crippen LogP contribution in [0, 0.1) is 0 Å². The Balaban J connectivity index is 2.93. The molecule has 0 fully saturated rings. The maximum atomic E-state index is 9.88. The molecule has 0 unspecified atom stereocenters. The Morgan fingerprint density at radius 1 is 1.30 bits per heavy atom. The molecule has 0 saturated heterocycles. The molecule has 4 nitrogen and oxygen atoms in total. The molecule has 1 N–H and O–H groups in total. The predicted octanol–water partition coefficient (Wildman–Crippen LogP) is 2.69. The lowest BCUT2D eigenvalue weighted by atomic mass is 10.1. The van der Waals surface area contributed by atoms with Crippen molar-refractivity contribution < 1.29 is 14.6 Å². The van der Waals surface area contributed by atoms with E-state index in [9.17, 15) is 5.11 Å². The van der Waals surface area contributed by atoms with E-state index < -0.39 is 5.60 Å². The molecular formula is C16H27NO3. The van der Waals surface area contributed by atoms with Gasteiger partial charge in [-0.3, -0.25) is 4.90 Å². The van der Waals surface area contributed by atoms with Gasteiger partial charge in [0.2, 0.25) is 0 Å². The summed E-state index contributed by atoms with van der Waals surface area (Å²) < 4.78 is 11.3. The Labute approximate surface area is 122 Å². The summed E-state index contributed by atoms with van der Waals surface area (Å²) in [6, 6.07) is 5.89. The number of aliphatic hydroxyl groups is 1. The minimum atomic E-state index is -0.716. The van der Waals surface area contributed by atoms with E-state index in [2.05, 4.69) is 4.90 Å². The third-order valence-electron chi connectivity index (χ3n) is 2.73. The summed E-state index contributed by atoms with van der Waals surface area (Å²) in [5, 5.41) is 9.88. The molecular weight excluding hydrogens is 254 g/mol. The Kier molecular flexibility index (Phi) is 5.84. The van der Waals surface area contributed by atoms with Crippen LogP contribution in [0.1, 0.15) is 33.3 Å². The van der Waals surface area contributed by atoms with E-state index in [1.165, 1.54) is 0 Å². The van der Waals surface area contributed by atoms with Gasteiger partial charge in [-0.15, -0.1) is 0 Å². The van der Waals surface area contributed by atoms with E-state index in [-0.39, 0.29) is 6.10 Å². The van der Waals surface area contributed by atoms with E-state index in [4.69, 9.17) is 9.47 Å². The van der Waals surface area contributed by atoms with Crippen LogP contribution >= 0.6 is 0 Å². The monoisotopic (exact) mass is 281 g/mol. The number of hydrogen-bond acceptors (Lipinski definition) is 4. The zero-order valence-electron chi connectivity index (χ0n) is 13.4. The van der Waals surface area contributed by atoms with Crippen molar-refractivity contribution in [2.75, 3.05) is 20.7 Å². The van der Waals surface area contributed by atoms with E-state index in [0.717, 1.165) is 17.1 Å². The van der Waals surface area contributed by atoms with Crippen LogP contribution in [0.3, 0.4) is 0 Å². The zero-order valence-corrected chi connectivity index (χ0v) is 13.4. The lowest BCUT2D eigenvalue weighted by Gasteiger charge is -2.26. The van der Waals surface area contributed by atoms with Crippen LogP contribution < -0.4 is 9.47 Å². The second kappa shape index (κ2) is 6.95. The molecule has 0 heterocycles. The van der Waals surface area contributed by atoms with Crippen LogP contribution in [0.4, 0.5) is 0 Å². The number of likely N-dealkylation sites (N-methyl/N-ethyl adjacent to an activating group) is 1. The van der Waals surface area contributed by atoms with E-state index in [1.807, 2.05) is 39.1 Å². The van der Waals surface area contributed by atoms with Crippen molar-refractivity contribution in [1.82, 2.24) is 4.90 Å². The third kappa shape index (κ3) is 5.39. The molecule has 1 aromatic rings. The second-order valence-electron chi connectivity index (χ2n) is 6.10. The first-order valence-electron chi connectivity index (χ1n) is 6.96. The molecule has 0 atom stereocenters. The number of para-hydroxylation sites is 1. The first-order valence-corrected chi connectivity index (χ1v) is 6.96. The SMILES string of the molecule is COc1cccc(CN(C)CC(C)(C)O)c1OC(C)C. The Hall–Kier alpha value is -1.26. The second-order valence-corrected chi connectivity index (χ2v) is 6.10. The maximum Gasteiger partial charge on any atom is 0.166 e. The molecule has 0 aromatic heterocycles. The van der Waals surface area contributed by atoms with Gasteiger partial charge in [0.25, 0.3) is 0 Å².